The summed E-state index contributed by atoms with van der Waals surface area (Å²) in [5, 5.41) is 4.92. The molecule has 0 saturated heterocycles. The molecule has 0 saturated carbocycles. The molecule has 0 amide bonds. The Bertz CT molecular complexity index is 497. The van der Waals surface area contributed by atoms with Gasteiger partial charge < -0.3 is 9.88 Å². The summed E-state index contributed by atoms with van der Waals surface area (Å²) in [7, 11) is 0. The van der Waals surface area contributed by atoms with Crippen LogP contribution in [0.25, 0.3) is 10.9 Å². The summed E-state index contributed by atoms with van der Waals surface area (Å²) in [5.74, 6) is 0. The minimum atomic E-state index is 0.513. The van der Waals surface area contributed by atoms with E-state index >= 15 is 0 Å². The first-order valence-corrected chi connectivity index (χ1v) is 7.03. The van der Waals surface area contributed by atoms with Crippen molar-refractivity contribution in [2.24, 2.45) is 0 Å². The van der Waals surface area contributed by atoms with E-state index < -0.39 is 0 Å². The summed E-state index contributed by atoms with van der Waals surface area (Å²) in [5.41, 5.74) is 2.76. The number of benzene rings is 1. The summed E-state index contributed by atoms with van der Waals surface area (Å²) >= 11 is 0. The second-order valence-corrected chi connectivity index (χ2v) is 5.20. The van der Waals surface area contributed by atoms with Crippen LogP contribution in [0.4, 0.5) is 0 Å². The molecule has 2 nitrogen and oxygen atoms in total. The van der Waals surface area contributed by atoms with Gasteiger partial charge in [0.1, 0.15) is 0 Å². The average Bonchev–Trinajstić information content (AvgIpc) is 2.74. The molecule has 0 atom stereocenters. The second-order valence-electron chi connectivity index (χ2n) is 5.20. The second kappa shape index (κ2) is 6.05. The Morgan fingerprint density at radius 1 is 1.22 bits per heavy atom. The van der Waals surface area contributed by atoms with Crippen LogP contribution in [0.5, 0.6) is 0 Å². The van der Waals surface area contributed by atoms with Crippen LogP contribution in [0.1, 0.15) is 45.2 Å². The highest BCUT2D eigenvalue weighted by Crippen LogP contribution is 2.24. The highest BCUT2D eigenvalue weighted by molar-refractivity contribution is 5.84. The van der Waals surface area contributed by atoms with Gasteiger partial charge in [-0.2, -0.15) is 0 Å². The smallest absolute Gasteiger partial charge is 0.0486 e. The summed E-state index contributed by atoms with van der Waals surface area (Å²) in [4.78, 5) is 0. The molecule has 0 unspecified atom stereocenters. The van der Waals surface area contributed by atoms with Crippen molar-refractivity contribution in [2.75, 3.05) is 6.54 Å². The molecule has 0 aliphatic carbocycles. The molecular weight excluding hydrogens is 220 g/mol. The summed E-state index contributed by atoms with van der Waals surface area (Å²) in [6.07, 6.45) is 4.80. The Balaban J connectivity index is 2.22. The van der Waals surface area contributed by atoms with E-state index in [1.807, 2.05) is 0 Å². The van der Waals surface area contributed by atoms with Crippen molar-refractivity contribution in [3.8, 4) is 0 Å². The number of hydrogen-bond donors (Lipinski definition) is 1. The molecular formula is C16H24N2. The quantitative estimate of drug-likeness (QED) is 0.757. The van der Waals surface area contributed by atoms with Crippen LogP contribution in [-0.4, -0.2) is 11.1 Å². The van der Waals surface area contributed by atoms with Crippen molar-refractivity contribution in [3.63, 3.8) is 0 Å². The van der Waals surface area contributed by atoms with E-state index in [1.165, 1.54) is 29.3 Å². The van der Waals surface area contributed by atoms with Crippen molar-refractivity contribution in [1.29, 1.82) is 0 Å². The normalized spacial score (nSPS) is 11.6. The highest BCUT2D eigenvalue weighted by atomic mass is 15.0. The third-order valence-corrected chi connectivity index (χ3v) is 3.40. The van der Waals surface area contributed by atoms with E-state index in [1.54, 1.807) is 0 Å². The molecule has 98 valence electrons. The number of unbranched alkanes of at least 4 members (excludes halogenated alkanes) is 1. The number of para-hydroxylation sites is 1. The Hall–Kier alpha value is -1.28. The molecule has 2 rings (SSSR count). The molecule has 1 N–H and O–H groups in total. The third kappa shape index (κ3) is 2.75. The van der Waals surface area contributed by atoms with Crippen LogP contribution >= 0.6 is 0 Å². The highest BCUT2D eigenvalue weighted by Gasteiger charge is 2.09. The predicted molar refractivity (Wildman–Crippen MR) is 78.9 cm³/mol. The van der Waals surface area contributed by atoms with Gasteiger partial charge in [0.15, 0.2) is 0 Å². The fourth-order valence-electron chi connectivity index (χ4n) is 2.37. The minimum Gasteiger partial charge on any atom is -0.345 e. The molecule has 18 heavy (non-hydrogen) atoms. The van der Waals surface area contributed by atoms with Gasteiger partial charge in [0.05, 0.1) is 0 Å². The van der Waals surface area contributed by atoms with E-state index in [4.69, 9.17) is 0 Å². The molecule has 0 bridgehead atoms. The Morgan fingerprint density at radius 3 is 2.72 bits per heavy atom. The maximum Gasteiger partial charge on any atom is 0.0486 e. The maximum absolute atomic E-state index is 3.53. The minimum absolute atomic E-state index is 0.513. The molecule has 0 radical (unpaired) electrons. The van der Waals surface area contributed by atoms with Crippen LogP contribution in [0.15, 0.2) is 30.5 Å². The van der Waals surface area contributed by atoms with Crippen LogP contribution < -0.4 is 5.32 Å². The van der Waals surface area contributed by atoms with Crippen molar-refractivity contribution >= 4 is 10.9 Å². The van der Waals surface area contributed by atoms with Gasteiger partial charge in [-0.05, 0) is 38.4 Å². The largest absolute Gasteiger partial charge is 0.345 e. The van der Waals surface area contributed by atoms with Crippen LogP contribution in [0, 0.1) is 0 Å². The molecule has 1 aromatic carbocycles. The molecule has 2 heteroatoms. The average molecular weight is 244 g/mol. The zero-order chi connectivity index (χ0) is 13.0. The Labute approximate surface area is 110 Å². The molecule has 2 aromatic rings. The van der Waals surface area contributed by atoms with Gasteiger partial charge in [0, 0.05) is 29.7 Å². The molecule has 1 heterocycles. The molecule has 0 aliphatic rings. The molecule has 1 aromatic heterocycles. The lowest BCUT2D eigenvalue weighted by molar-refractivity contribution is 0.612. The summed E-state index contributed by atoms with van der Waals surface area (Å²) < 4.78 is 2.37. The van der Waals surface area contributed by atoms with Crippen molar-refractivity contribution < 1.29 is 0 Å². The summed E-state index contributed by atoms with van der Waals surface area (Å²) in [6.45, 7) is 8.78. The van der Waals surface area contributed by atoms with Gasteiger partial charge in [-0.1, -0.05) is 31.5 Å². The van der Waals surface area contributed by atoms with Gasteiger partial charge in [0.25, 0.3) is 0 Å². The van der Waals surface area contributed by atoms with Gasteiger partial charge in [-0.25, -0.2) is 0 Å². The first kappa shape index (κ1) is 13.2. The lowest BCUT2D eigenvalue weighted by Gasteiger charge is -2.08. The van der Waals surface area contributed by atoms with Crippen molar-refractivity contribution in [3.05, 3.63) is 36.0 Å². The maximum atomic E-state index is 3.53. The number of aromatic nitrogens is 1. The molecule has 0 spiro atoms. The fraction of sp³-hybridized carbons (Fsp3) is 0.500. The fourth-order valence-corrected chi connectivity index (χ4v) is 2.37. The van der Waals surface area contributed by atoms with E-state index in [0.29, 0.717) is 6.04 Å². The lowest BCUT2D eigenvalue weighted by Crippen LogP contribution is -2.14. The van der Waals surface area contributed by atoms with E-state index in [-0.39, 0.29) is 0 Å². The van der Waals surface area contributed by atoms with Gasteiger partial charge in [-0.3, -0.25) is 0 Å². The monoisotopic (exact) mass is 244 g/mol. The number of nitrogens with zero attached hydrogens (tertiary/aromatic N) is 1. The van der Waals surface area contributed by atoms with E-state index in [2.05, 4.69) is 61.1 Å². The Kier molecular flexibility index (Phi) is 4.43. The van der Waals surface area contributed by atoms with Crippen molar-refractivity contribution in [2.45, 2.75) is 46.2 Å². The Morgan fingerprint density at radius 2 is 2.00 bits per heavy atom. The number of fused-ring (bicyclic) bond motifs is 1. The van der Waals surface area contributed by atoms with Gasteiger partial charge in [0.2, 0.25) is 0 Å². The SMILES string of the molecule is CCCCNCc1cn(C(C)C)c2ccccc12. The van der Waals surface area contributed by atoms with Gasteiger partial charge >= 0.3 is 0 Å². The van der Waals surface area contributed by atoms with Crippen molar-refractivity contribution in [1.82, 2.24) is 9.88 Å². The first-order valence-electron chi connectivity index (χ1n) is 7.03. The lowest BCUT2D eigenvalue weighted by atomic mass is 10.2. The van der Waals surface area contributed by atoms with E-state index in [9.17, 15) is 0 Å². The third-order valence-electron chi connectivity index (χ3n) is 3.40. The van der Waals surface area contributed by atoms with Crippen LogP contribution in [0.3, 0.4) is 0 Å². The topological polar surface area (TPSA) is 17.0 Å². The predicted octanol–water partition coefficient (Wildman–Crippen LogP) is 4.11. The number of rotatable bonds is 6. The van der Waals surface area contributed by atoms with Crippen LogP contribution in [-0.2, 0) is 6.54 Å². The summed E-state index contributed by atoms with van der Waals surface area (Å²) in [6, 6.07) is 9.20. The number of nitrogens with one attached hydrogen (secondary N) is 1. The van der Waals surface area contributed by atoms with E-state index in [0.717, 1.165) is 13.1 Å². The van der Waals surface area contributed by atoms with Gasteiger partial charge in [-0.15, -0.1) is 0 Å². The standard InChI is InChI=1S/C16H24N2/c1-4-5-10-17-11-14-12-18(13(2)3)16-9-7-6-8-15(14)16/h6-9,12-13,17H,4-5,10-11H2,1-3H3. The van der Waals surface area contributed by atoms with Crippen LogP contribution in [0.2, 0.25) is 0 Å². The zero-order valence-corrected chi connectivity index (χ0v) is 11.7. The number of hydrogen-bond acceptors (Lipinski definition) is 1. The first-order chi connectivity index (χ1) is 8.74. The zero-order valence-electron chi connectivity index (χ0n) is 11.7. The molecule has 0 aliphatic heterocycles. The molecule has 0 fully saturated rings.